The minimum atomic E-state index is -0.829. The number of halogens is 1. The Kier molecular flexibility index (Phi) is 7.60. The number of para-hydroxylation sites is 1. The predicted molar refractivity (Wildman–Crippen MR) is 139 cm³/mol. The minimum absolute atomic E-state index is 0.00725. The van der Waals surface area contributed by atoms with Crippen LogP contribution in [0.2, 0.25) is 5.02 Å². The minimum Gasteiger partial charge on any atom is -0.376 e. The third-order valence-corrected chi connectivity index (χ3v) is 7.52. The first-order valence-electron chi connectivity index (χ1n) is 11.8. The molecular weight excluding hydrogens is 498 g/mol. The van der Waals surface area contributed by atoms with E-state index in [9.17, 15) is 9.59 Å². The van der Waals surface area contributed by atoms with Gasteiger partial charge in [0.2, 0.25) is 11.8 Å². The Morgan fingerprint density at radius 3 is 2.78 bits per heavy atom. The van der Waals surface area contributed by atoms with Crippen LogP contribution in [-0.2, 0) is 27.4 Å². The molecule has 2 atom stereocenters. The van der Waals surface area contributed by atoms with Crippen LogP contribution in [0.15, 0.2) is 66.0 Å². The Hall–Kier alpha value is -3.27. The Balaban J connectivity index is 1.47. The van der Waals surface area contributed by atoms with Crippen LogP contribution >= 0.6 is 22.9 Å². The number of nitrogens with zero attached hydrogens (tertiary/aromatic N) is 4. The highest BCUT2D eigenvalue weighted by atomic mass is 35.5. The Morgan fingerprint density at radius 1 is 1.17 bits per heavy atom. The lowest BCUT2D eigenvalue weighted by Gasteiger charge is -2.31. The SMILES string of the molecule is O=C(NCC1CCCO1)C(c1cccs1)N(Cc1ccccc1Cl)C(=O)Cn1nnc2ccccc21. The second kappa shape index (κ2) is 11.2. The molecule has 36 heavy (non-hydrogen) atoms. The molecule has 186 valence electrons. The number of hydrogen-bond donors (Lipinski definition) is 1. The summed E-state index contributed by atoms with van der Waals surface area (Å²) in [5.74, 6) is -0.520. The number of rotatable bonds is 9. The third-order valence-electron chi connectivity index (χ3n) is 6.22. The van der Waals surface area contributed by atoms with Crippen molar-refractivity contribution in [1.82, 2.24) is 25.2 Å². The maximum Gasteiger partial charge on any atom is 0.248 e. The third kappa shape index (κ3) is 5.43. The van der Waals surface area contributed by atoms with Gasteiger partial charge < -0.3 is 15.0 Å². The molecule has 2 unspecified atom stereocenters. The van der Waals surface area contributed by atoms with Gasteiger partial charge in [0.25, 0.3) is 0 Å². The van der Waals surface area contributed by atoms with Crippen molar-refractivity contribution in [2.75, 3.05) is 13.2 Å². The summed E-state index contributed by atoms with van der Waals surface area (Å²) in [4.78, 5) is 29.8. The molecule has 1 N–H and O–H groups in total. The van der Waals surface area contributed by atoms with E-state index in [4.69, 9.17) is 16.3 Å². The van der Waals surface area contributed by atoms with Gasteiger partial charge in [-0.3, -0.25) is 9.59 Å². The number of benzene rings is 2. The van der Waals surface area contributed by atoms with Crippen molar-refractivity contribution in [2.45, 2.75) is 38.1 Å². The molecule has 2 aromatic carbocycles. The first-order valence-corrected chi connectivity index (χ1v) is 13.1. The summed E-state index contributed by atoms with van der Waals surface area (Å²) in [6.45, 7) is 1.22. The molecule has 4 aromatic rings. The van der Waals surface area contributed by atoms with Gasteiger partial charge in [-0.2, -0.15) is 0 Å². The van der Waals surface area contributed by atoms with E-state index in [1.54, 1.807) is 15.6 Å². The molecule has 5 rings (SSSR count). The van der Waals surface area contributed by atoms with E-state index in [2.05, 4.69) is 15.6 Å². The molecule has 1 aliphatic rings. The maximum atomic E-state index is 13.9. The summed E-state index contributed by atoms with van der Waals surface area (Å²) < 4.78 is 7.24. The maximum absolute atomic E-state index is 13.9. The number of hydrogen-bond acceptors (Lipinski definition) is 6. The van der Waals surface area contributed by atoms with Gasteiger partial charge in [0.15, 0.2) is 0 Å². The molecule has 0 bridgehead atoms. The largest absolute Gasteiger partial charge is 0.376 e. The standard InChI is InChI=1S/C26H26ClN5O3S/c27-20-9-2-1-7-18(20)16-31(24(33)17-32-22-11-4-3-10-21(22)29-30-32)25(23-12-6-14-36-23)26(34)28-15-19-8-5-13-35-19/h1-4,6-7,9-12,14,19,25H,5,8,13,15-17H2,(H,28,34). The Morgan fingerprint density at radius 2 is 2.00 bits per heavy atom. The first-order chi connectivity index (χ1) is 17.6. The smallest absolute Gasteiger partial charge is 0.248 e. The highest BCUT2D eigenvalue weighted by Crippen LogP contribution is 2.30. The van der Waals surface area contributed by atoms with Crippen molar-refractivity contribution >= 4 is 45.8 Å². The molecule has 0 radical (unpaired) electrons. The lowest BCUT2D eigenvalue weighted by Crippen LogP contribution is -2.45. The Bertz CT molecular complexity index is 1340. The Labute approximate surface area is 217 Å². The molecule has 3 heterocycles. The number of amides is 2. The number of nitrogens with one attached hydrogen (secondary N) is 1. The van der Waals surface area contributed by atoms with Gasteiger partial charge in [0, 0.05) is 29.6 Å². The number of carbonyl (C=O) groups excluding carboxylic acids is 2. The van der Waals surface area contributed by atoms with Crippen LogP contribution in [0.3, 0.4) is 0 Å². The van der Waals surface area contributed by atoms with Gasteiger partial charge >= 0.3 is 0 Å². The van der Waals surface area contributed by atoms with E-state index in [1.165, 1.54) is 11.3 Å². The van der Waals surface area contributed by atoms with Crippen LogP contribution in [0.4, 0.5) is 0 Å². The topological polar surface area (TPSA) is 89.4 Å². The number of aromatic nitrogens is 3. The van der Waals surface area contributed by atoms with Gasteiger partial charge in [-0.15, -0.1) is 16.4 Å². The zero-order chi connectivity index (χ0) is 24.9. The van der Waals surface area contributed by atoms with Crippen molar-refractivity contribution in [3.8, 4) is 0 Å². The number of ether oxygens (including phenoxy) is 1. The fourth-order valence-electron chi connectivity index (χ4n) is 4.37. The number of thiophene rings is 1. The molecule has 0 saturated carbocycles. The van der Waals surface area contributed by atoms with Crippen molar-refractivity contribution in [2.24, 2.45) is 0 Å². The molecule has 1 saturated heterocycles. The monoisotopic (exact) mass is 523 g/mol. The van der Waals surface area contributed by atoms with Gasteiger partial charge in [0.05, 0.1) is 11.6 Å². The van der Waals surface area contributed by atoms with E-state index in [-0.39, 0.29) is 31.0 Å². The van der Waals surface area contributed by atoms with E-state index in [0.717, 1.165) is 28.8 Å². The highest BCUT2D eigenvalue weighted by Gasteiger charge is 2.33. The van der Waals surface area contributed by atoms with E-state index >= 15 is 0 Å². The molecular formula is C26H26ClN5O3S. The molecule has 1 aliphatic heterocycles. The summed E-state index contributed by atoms with van der Waals surface area (Å²) in [6, 6.07) is 17.7. The normalized spacial score (nSPS) is 16.2. The van der Waals surface area contributed by atoms with E-state index in [1.807, 2.05) is 60.0 Å². The van der Waals surface area contributed by atoms with Crippen LogP contribution in [0.1, 0.15) is 29.3 Å². The lowest BCUT2D eigenvalue weighted by atomic mass is 10.1. The van der Waals surface area contributed by atoms with Gasteiger partial charge in [-0.25, -0.2) is 4.68 Å². The molecule has 0 spiro atoms. The van der Waals surface area contributed by atoms with Crippen LogP contribution in [-0.4, -0.2) is 51.0 Å². The van der Waals surface area contributed by atoms with Gasteiger partial charge in [-0.1, -0.05) is 53.2 Å². The number of fused-ring (bicyclic) bond motifs is 1. The molecule has 0 aliphatic carbocycles. The predicted octanol–water partition coefficient (Wildman–Crippen LogP) is 4.21. The summed E-state index contributed by atoms with van der Waals surface area (Å²) >= 11 is 7.91. The quantitative estimate of drug-likeness (QED) is 0.355. The summed E-state index contributed by atoms with van der Waals surface area (Å²) in [5.41, 5.74) is 2.20. The molecule has 2 aromatic heterocycles. The average molecular weight is 524 g/mol. The van der Waals surface area contributed by atoms with Crippen molar-refractivity contribution in [3.05, 3.63) is 81.5 Å². The second-order valence-electron chi connectivity index (χ2n) is 8.65. The van der Waals surface area contributed by atoms with E-state index < -0.39 is 6.04 Å². The van der Waals surface area contributed by atoms with Crippen LogP contribution in [0.25, 0.3) is 11.0 Å². The lowest BCUT2D eigenvalue weighted by molar-refractivity contribution is -0.142. The first kappa shape index (κ1) is 24.4. The van der Waals surface area contributed by atoms with Crippen LogP contribution in [0.5, 0.6) is 0 Å². The van der Waals surface area contributed by atoms with Gasteiger partial charge in [-0.05, 0) is 48.1 Å². The summed E-state index contributed by atoms with van der Waals surface area (Å²) in [7, 11) is 0. The fourth-order valence-corrected chi connectivity index (χ4v) is 5.40. The fraction of sp³-hybridized carbons (Fsp3) is 0.308. The average Bonchev–Trinajstić information content (AvgIpc) is 3.67. The van der Waals surface area contributed by atoms with Crippen molar-refractivity contribution < 1.29 is 14.3 Å². The molecule has 1 fully saturated rings. The zero-order valence-corrected chi connectivity index (χ0v) is 21.1. The molecule has 2 amide bonds. The van der Waals surface area contributed by atoms with Crippen LogP contribution < -0.4 is 5.32 Å². The molecule has 10 heteroatoms. The van der Waals surface area contributed by atoms with Crippen molar-refractivity contribution in [3.63, 3.8) is 0 Å². The summed E-state index contributed by atoms with van der Waals surface area (Å²) in [5, 5.41) is 13.8. The zero-order valence-electron chi connectivity index (χ0n) is 19.5. The van der Waals surface area contributed by atoms with Gasteiger partial charge in [0.1, 0.15) is 18.1 Å². The highest BCUT2D eigenvalue weighted by molar-refractivity contribution is 7.10. The van der Waals surface area contributed by atoms with E-state index in [0.29, 0.717) is 23.7 Å². The molecule has 8 nitrogen and oxygen atoms in total. The second-order valence-corrected chi connectivity index (χ2v) is 10.0. The van der Waals surface area contributed by atoms with Crippen molar-refractivity contribution in [1.29, 1.82) is 0 Å². The summed E-state index contributed by atoms with van der Waals surface area (Å²) in [6.07, 6.45) is 1.89. The van der Waals surface area contributed by atoms with Crippen LogP contribution in [0, 0.1) is 0 Å². The number of carbonyl (C=O) groups is 2.